The van der Waals surface area contributed by atoms with Gasteiger partial charge in [0, 0.05) is 35.0 Å². The standard InChI is InChI=1S/C15H10ClNO/c16-13-2-1-11-8-12(15(18)14(11)9-13)7-10-3-5-17-6-4-10/h1-7,9H,8H2/b12-7-. The summed E-state index contributed by atoms with van der Waals surface area (Å²) in [7, 11) is 0. The Labute approximate surface area is 110 Å². The average Bonchev–Trinajstić information content (AvgIpc) is 2.68. The van der Waals surface area contributed by atoms with E-state index in [1.807, 2.05) is 30.3 Å². The first-order valence-electron chi connectivity index (χ1n) is 5.68. The van der Waals surface area contributed by atoms with Gasteiger partial charge in [0.15, 0.2) is 5.78 Å². The number of halogens is 1. The highest BCUT2D eigenvalue weighted by atomic mass is 35.5. The van der Waals surface area contributed by atoms with Crippen molar-refractivity contribution in [3.05, 3.63) is 70.0 Å². The lowest BCUT2D eigenvalue weighted by molar-refractivity contribution is 0.104. The fraction of sp³-hybridized carbons (Fsp3) is 0.0667. The lowest BCUT2D eigenvalue weighted by Gasteiger charge is -1.96. The molecule has 2 aromatic rings. The Kier molecular flexibility index (Phi) is 2.73. The number of carbonyl (C=O) groups excluding carboxylic acids is 1. The quantitative estimate of drug-likeness (QED) is 0.730. The second kappa shape index (κ2) is 4.39. The van der Waals surface area contributed by atoms with E-state index >= 15 is 0 Å². The summed E-state index contributed by atoms with van der Waals surface area (Å²) < 4.78 is 0. The van der Waals surface area contributed by atoms with Crippen molar-refractivity contribution in [2.24, 2.45) is 0 Å². The molecular weight excluding hydrogens is 246 g/mol. The van der Waals surface area contributed by atoms with Crippen LogP contribution in [0.5, 0.6) is 0 Å². The van der Waals surface area contributed by atoms with Gasteiger partial charge in [-0.3, -0.25) is 9.78 Å². The summed E-state index contributed by atoms with van der Waals surface area (Å²) >= 11 is 5.92. The molecule has 3 heteroatoms. The van der Waals surface area contributed by atoms with Crippen molar-refractivity contribution in [1.29, 1.82) is 0 Å². The van der Waals surface area contributed by atoms with Crippen molar-refractivity contribution in [2.75, 3.05) is 0 Å². The van der Waals surface area contributed by atoms with Gasteiger partial charge in [0.25, 0.3) is 0 Å². The number of hydrogen-bond acceptors (Lipinski definition) is 2. The molecule has 1 aromatic carbocycles. The molecule has 0 N–H and O–H groups in total. The van der Waals surface area contributed by atoms with E-state index in [0.29, 0.717) is 11.4 Å². The van der Waals surface area contributed by atoms with Gasteiger partial charge >= 0.3 is 0 Å². The van der Waals surface area contributed by atoms with Gasteiger partial charge in [0.05, 0.1) is 0 Å². The zero-order valence-corrected chi connectivity index (χ0v) is 10.3. The number of hydrogen-bond donors (Lipinski definition) is 0. The van der Waals surface area contributed by atoms with E-state index in [-0.39, 0.29) is 5.78 Å². The van der Waals surface area contributed by atoms with E-state index in [2.05, 4.69) is 4.98 Å². The van der Waals surface area contributed by atoms with Crippen LogP contribution in [0.3, 0.4) is 0 Å². The van der Waals surface area contributed by atoms with E-state index in [1.54, 1.807) is 18.5 Å². The third-order valence-electron chi connectivity index (χ3n) is 3.04. The molecule has 3 rings (SSSR count). The SMILES string of the molecule is O=C1/C(=C\c2ccncc2)Cc2ccc(Cl)cc21. The summed E-state index contributed by atoms with van der Waals surface area (Å²) in [5, 5.41) is 0.604. The molecule has 1 aromatic heterocycles. The van der Waals surface area contributed by atoms with Crippen LogP contribution in [0.1, 0.15) is 21.5 Å². The van der Waals surface area contributed by atoms with Crippen molar-refractivity contribution < 1.29 is 4.79 Å². The van der Waals surface area contributed by atoms with Gasteiger partial charge in [-0.1, -0.05) is 17.7 Å². The van der Waals surface area contributed by atoms with Gasteiger partial charge in [-0.2, -0.15) is 0 Å². The molecule has 1 heterocycles. The largest absolute Gasteiger partial charge is 0.289 e. The topological polar surface area (TPSA) is 30.0 Å². The maximum Gasteiger partial charge on any atom is 0.189 e. The number of benzene rings is 1. The zero-order chi connectivity index (χ0) is 12.5. The van der Waals surface area contributed by atoms with Crippen LogP contribution < -0.4 is 0 Å². The number of allylic oxidation sites excluding steroid dienone is 1. The number of pyridine rings is 1. The predicted octanol–water partition coefficient (Wildman–Crippen LogP) is 3.56. The van der Waals surface area contributed by atoms with Crippen LogP contribution in [-0.2, 0) is 6.42 Å². The number of rotatable bonds is 1. The van der Waals surface area contributed by atoms with Gasteiger partial charge in [-0.25, -0.2) is 0 Å². The third-order valence-corrected chi connectivity index (χ3v) is 3.27. The maximum absolute atomic E-state index is 12.2. The summed E-state index contributed by atoms with van der Waals surface area (Å²) in [5.74, 6) is 0.0734. The minimum atomic E-state index is 0.0734. The molecular formula is C15H10ClNO. The Hall–Kier alpha value is -1.93. The molecule has 0 fully saturated rings. The number of fused-ring (bicyclic) bond motifs is 1. The van der Waals surface area contributed by atoms with Gasteiger partial charge in [-0.15, -0.1) is 0 Å². The van der Waals surface area contributed by atoms with Crippen LogP contribution in [0.4, 0.5) is 0 Å². The molecule has 0 saturated heterocycles. The fourth-order valence-electron chi connectivity index (χ4n) is 2.15. The van der Waals surface area contributed by atoms with E-state index in [0.717, 1.165) is 22.3 Å². The zero-order valence-electron chi connectivity index (χ0n) is 9.56. The van der Waals surface area contributed by atoms with E-state index in [4.69, 9.17) is 11.6 Å². The van der Waals surface area contributed by atoms with Gasteiger partial charge < -0.3 is 0 Å². The molecule has 0 radical (unpaired) electrons. The number of Topliss-reactive ketones (excluding diaryl/α,β-unsaturated/α-hetero) is 1. The summed E-state index contributed by atoms with van der Waals surface area (Å²) in [6, 6.07) is 9.26. The smallest absolute Gasteiger partial charge is 0.189 e. The van der Waals surface area contributed by atoms with Crippen LogP contribution in [-0.4, -0.2) is 10.8 Å². The Bertz CT molecular complexity index is 647. The second-order valence-electron chi connectivity index (χ2n) is 4.26. The average molecular weight is 256 g/mol. The Morgan fingerprint density at radius 3 is 2.72 bits per heavy atom. The number of aromatic nitrogens is 1. The first kappa shape index (κ1) is 11.2. The maximum atomic E-state index is 12.2. The lowest BCUT2D eigenvalue weighted by Crippen LogP contribution is -1.95. The van der Waals surface area contributed by atoms with Gasteiger partial charge in [-0.05, 0) is 41.5 Å². The van der Waals surface area contributed by atoms with Crippen LogP contribution in [0.15, 0.2) is 48.3 Å². The summed E-state index contributed by atoms with van der Waals surface area (Å²) in [4.78, 5) is 16.2. The van der Waals surface area contributed by atoms with E-state index in [9.17, 15) is 4.79 Å². The highest BCUT2D eigenvalue weighted by molar-refractivity contribution is 6.31. The third kappa shape index (κ3) is 1.95. The predicted molar refractivity (Wildman–Crippen MR) is 71.7 cm³/mol. The Morgan fingerprint density at radius 1 is 1.17 bits per heavy atom. The fourth-order valence-corrected chi connectivity index (χ4v) is 2.32. The van der Waals surface area contributed by atoms with E-state index in [1.165, 1.54) is 0 Å². The van der Waals surface area contributed by atoms with Crippen LogP contribution in [0.25, 0.3) is 6.08 Å². The first-order chi connectivity index (χ1) is 8.74. The Balaban J connectivity index is 2.00. The van der Waals surface area contributed by atoms with Crippen molar-refractivity contribution in [2.45, 2.75) is 6.42 Å². The molecule has 1 aliphatic rings. The molecule has 88 valence electrons. The van der Waals surface area contributed by atoms with Crippen molar-refractivity contribution in [1.82, 2.24) is 4.98 Å². The molecule has 0 amide bonds. The normalized spacial score (nSPS) is 16.1. The molecule has 18 heavy (non-hydrogen) atoms. The minimum absolute atomic E-state index is 0.0734. The number of ketones is 1. The molecule has 1 aliphatic carbocycles. The molecule has 0 bridgehead atoms. The lowest BCUT2D eigenvalue weighted by atomic mass is 10.1. The van der Waals surface area contributed by atoms with Gasteiger partial charge in [0.1, 0.15) is 0 Å². The number of nitrogens with zero attached hydrogens (tertiary/aromatic N) is 1. The molecule has 0 saturated carbocycles. The molecule has 0 atom stereocenters. The summed E-state index contributed by atoms with van der Waals surface area (Å²) in [6.45, 7) is 0. The molecule has 0 unspecified atom stereocenters. The first-order valence-corrected chi connectivity index (χ1v) is 6.05. The molecule has 2 nitrogen and oxygen atoms in total. The Morgan fingerprint density at radius 2 is 1.94 bits per heavy atom. The van der Waals surface area contributed by atoms with E-state index < -0.39 is 0 Å². The number of carbonyl (C=O) groups is 1. The second-order valence-corrected chi connectivity index (χ2v) is 4.69. The van der Waals surface area contributed by atoms with Crippen molar-refractivity contribution in [3.8, 4) is 0 Å². The van der Waals surface area contributed by atoms with Crippen molar-refractivity contribution in [3.63, 3.8) is 0 Å². The van der Waals surface area contributed by atoms with Gasteiger partial charge in [0.2, 0.25) is 0 Å². The summed E-state index contributed by atoms with van der Waals surface area (Å²) in [6.07, 6.45) is 6.03. The highest BCUT2D eigenvalue weighted by Gasteiger charge is 2.24. The molecule has 0 aliphatic heterocycles. The minimum Gasteiger partial charge on any atom is -0.289 e. The van der Waals surface area contributed by atoms with Crippen LogP contribution in [0.2, 0.25) is 5.02 Å². The highest BCUT2D eigenvalue weighted by Crippen LogP contribution is 2.29. The monoisotopic (exact) mass is 255 g/mol. The van der Waals surface area contributed by atoms with Crippen LogP contribution >= 0.6 is 11.6 Å². The molecule has 0 spiro atoms. The van der Waals surface area contributed by atoms with Crippen LogP contribution in [0, 0.1) is 0 Å². The van der Waals surface area contributed by atoms with Crippen molar-refractivity contribution >= 4 is 23.5 Å². The summed E-state index contributed by atoms with van der Waals surface area (Å²) in [5.41, 5.74) is 3.57.